The number of rotatable bonds is 10. The van der Waals surface area contributed by atoms with Gasteiger partial charge in [0.05, 0.1) is 6.54 Å². The van der Waals surface area contributed by atoms with Crippen molar-refractivity contribution in [3.05, 3.63) is 97.1 Å². The van der Waals surface area contributed by atoms with Crippen molar-refractivity contribution >= 4 is 17.3 Å². The Labute approximate surface area is 171 Å². The standard InChI is InChI=1S/C24H24N2O3/c1-2-14-28-22-12-6-10-20(15-22)25-17-24(27)26-21-11-7-13-23(16-21)29-18-19-8-4-3-5-9-19/h2-13,15-16,25H,1,14,17-18H2,(H,26,27). The van der Waals surface area contributed by atoms with E-state index in [2.05, 4.69) is 17.2 Å². The molecule has 0 fully saturated rings. The molecule has 0 radical (unpaired) electrons. The Balaban J connectivity index is 1.49. The normalized spacial score (nSPS) is 10.1. The van der Waals surface area contributed by atoms with Gasteiger partial charge in [0.2, 0.25) is 5.91 Å². The van der Waals surface area contributed by atoms with Crippen molar-refractivity contribution in [2.45, 2.75) is 6.61 Å². The maximum Gasteiger partial charge on any atom is 0.243 e. The average molecular weight is 388 g/mol. The number of carbonyl (C=O) groups is 1. The molecule has 29 heavy (non-hydrogen) atoms. The number of carbonyl (C=O) groups excluding carboxylic acids is 1. The summed E-state index contributed by atoms with van der Waals surface area (Å²) in [6.07, 6.45) is 1.69. The molecule has 3 aromatic carbocycles. The highest BCUT2D eigenvalue weighted by atomic mass is 16.5. The fraction of sp³-hybridized carbons (Fsp3) is 0.125. The molecule has 0 bridgehead atoms. The zero-order valence-corrected chi connectivity index (χ0v) is 16.1. The Morgan fingerprint density at radius 2 is 1.55 bits per heavy atom. The van der Waals surface area contributed by atoms with Crippen LogP contribution in [-0.4, -0.2) is 19.1 Å². The molecule has 1 amide bonds. The second-order valence-corrected chi connectivity index (χ2v) is 6.33. The molecule has 2 N–H and O–H groups in total. The van der Waals surface area contributed by atoms with Gasteiger partial charge in [-0.05, 0) is 29.8 Å². The topological polar surface area (TPSA) is 59.6 Å². The first-order valence-corrected chi connectivity index (χ1v) is 9.37. The molecule has 0 aromatic heterocycles. The molecule has 0 aliphatic carbocycles. The van der Waals surface area contributed by atoms with Crippen LogP contribution in [0.4, 0.5) is 11.4 Å². The van der Waals surface area contributed by atoms with Crippen LogP contribution in [0.5, 0.6) is 11.5 Å². The highest BCUT2D eigenvalue weighted by Gasteiger charge is 2.05. The highest BCUT2D eigenvalue weighted by molar-refractivity contribution is 5.93. The van der Waals surface area contributed by atoms with Gasteiger partial charge in [0, 0.05) is 23.5 Å². The lowest BCUT2D eigenvalue weighted by molar-refractivity contribution is -0.114. The summed E-state index contributed by atoms with van der Waals surface area (Å²) in [5, 5.41) is 5.97. The van der Waals surface area contributed by atoms with E-state index in [1.165, 1.54) is 0 Å². The van der Waals surface area contributed by atoms with Crippen molar-refractivity contribution in [3.8, 4) is 11.5 Å². The van der Waals surface area contributed by atoms with E-state index >= 15 is 0 Å². The SMILES string of the molecule is C=CCOc1cccc(NCC(=O)Nc2cccc(OCc3ccccc3)c2)c1. The van der Waals surface area contributed by atoms with Crippen molar-refractivity contribution < 1.29 is 14.3 Å². The molecule has 0 unspecified atom stereocenters. The second kappa shape index (κ2) is 10.6. The Morgan fingerprint density at radius 1 is 0.862 bits per heavy atom. The lowest BCUT2D eigenvalue weighted by Crippen LogP contribution is -2.21. The van der Waals surface area contributed by atoms with E-state index in [1.54, 1.807) is 6.08 Å². The van der Waals surface area contributed by atoms with E-state index in [-0.39, 0.29) is 12.5 Å². The molecule has 0 aliphatic heterocycles. The number of benzene rings is 3. The Hall–Kier alpha value is -3.73. The molecule has 0 spiro atoms. The van der Waals surface area contributed by atoms with Gasteiger partial charge in [-0.15, -0.1) is 0 Å². The molecule has 148 valence electrons. The third kappa shape index (κ3) is 6.74. The van der Waals surface area contributed by atoms with Crippen LogP contribution >= 0.6 is 0 Å². The van der Waals surface area contributed by atoms with Crippen molar-refractivity contribution in [1.82, 2.24) is 0 Å². The summed E-state index contributed by atoms with van der Waals surface area (Å²) in [7, 11) is 0. The van der Waals surface area contributed by atoms with Gasteiger partial charge in [-0.2, -0.15) is 0 Å². The van der Waals surface area contributed by atoms with E-state index in [4.69, 9.17) is 9.47 Å². The smallest absolute Gasteiger partial charge is 0.243 e. The predicted molar refractivity (Wildman–Crippen MR) is 116 cm³/mol. The van der Waals surface area contributed by atoms with Crippen LogP contribution in [0.3, 0.4) is 0 Å². The molecule has 5 nitrogen and oxygen atoms in total. The first-order chi connectivity index (χ1) is 14.2. The Morgan fingerprint density at radius 3 is 2.31 bits per heavy atom. The molecule has 3 aromatic rings. The molecule has 0 saturated carbocycles. The van der Waals surface area contributed by atoms with E-state index < -0.39 is 0 Å². The molecule has 0 saturated heterocycles. The largest absolute Gasteiger partial charge is 0.489 e. The zero-order valence-electron chi connectivity index (χ0n) is 16.1. The molecule has 0 heterocycles. The quantitative estimate of drug-likeness (QED) is 0.486. The van der Waals surface area contributed by atoms with E-state index in [0.29, 0.717) is 24.7 Å². The van der Waals surface area contributed by atoms with Crippen molar-refractivity contribution in [2.24, 2.45) is 0 Å². The maximum atomic E-state index is 12.3. The minimum atomic E-state index is -0.150. The summed E-state index contributed by atoms with van der Waals surface area (Å²) in [6, 6.07) is 24.7. The van der Waals surface area contributed by atoms with Crippen molar-refractivity contribution in [1.29, 1.82) is 0 Å². The van der Waals surface area contributed by atoms with E-state index in [0.717, 1.165) is 17.0 Å². The van der Waals surface area contributed by atoms with Crippen LogP contribution in [0.15, 0.2) is 91.5 Å². The summed E-state index contributed by atoms with van der Waals surface area (Å²) in [6.45, 7) is 4.68. The molecular formula is C24H24N2O3. The van der Waals surface area contributed by atoms with Gasteiger partial charge in [-0.1, -0.05) is 55.1 Å². The molecular weight excluding hydrogens is 364 g/mol. The Kier molecular flexibility index (Phi) is 7.29. The minimum Gasteiger partial charge on any atom is -0.489 e. The van der Waals surface area contributed by atoms with Crippen LogP contribution < -0.4 is 20.1 Å². The van der Waals surface area contributed by atoms with Crippen LogP contribution in [0, 0.1) is 0 Å². The molecule has 0 atom stereocenters. The van der Waals surface area contributed by atoms with Crippen LogP contribution in [0.2, 0.25) is 0 Å². The van der Waals surface area contributed by atoms with Crippen LogP contribution in [-0.2, 0) is 11.4 Å². The summed E-state index contributed by atoms with van der Waals surface area (Å²) in [5.74, 6) is 1.27. The van der Waals surface area contributed by atoms with E-state index in [1.807, 2.05) is 78.9 Å². The first-order valence-electron chi connectivity index (χ1n) is 9.37. The first kappa shape index (κ1) is 20.0. The van der Waals surface area contributed by atoms with Gasteiger partial charge >= 0.3 is 0 Å². The summed E-state index contributed by atoms with van der Waals surface area (Å²) in [4.78, 5) is 12.3. The van der Waals surface area contributed by atoms with E-state index in [9.17, 15) is 4.79 Å². The lowest BCUT2D eigenvalue weighted by atomic mass is 10.2. The number of ether oxygens (including phenoxy) is 2. The molecule has 5 heteroatoms. The number of anilines is 2. The number of hydrogen-bond donors (Lipinski definition) is 2. The van der Waals surface area contributed by atoms with Gasteiger partial charge in [-0.3, -0.25) is 4.79 Å². The summed E-state index contributed by atoms with van der Waals surface area (Å²) in [5.41, 5.74) is 2.58. The fourth-order valence-corrected chi connectivity index (χ4v) is 2.64. The second-order valence-electron chi connectivity index (χ2n) is 6.33. The summed E-state index contributed by atoms with van der Waals surface area (Å²) < 4.78 is 11.3. The number of nitrogens with one attached hydrogen (secondary N) is 2. The minimum absolute atomic E-state index is 0.139. The fourth-order valence-electron chi connectivity index (χ4n) is 2.64. The van der Waals surface area contributed by atoms with Gasteiger partial charge in [0.1, 0.15) is 24.7 Å². The van der Waals surface area contributed by atoms with Gasteiger partial charge in [0.25, 0.3) is 0 Å². The maximum absolute atomic E-state index is 12.3. The van der Waals surface area contributed by atoms with Gasteiger partial charge in [-0.25, -0.2) is 0 Å². The average Bonchev–Trinajstić information content (AvgIpc) is 2.76. The van der Waals surface area contributed by atoms with Crippen molar-refractivity contribution in [3.63, 3.8) is 0 Å². The predicted octanol–water partition coefficient (Wildman–Crippen LogP) is 4.88. The summed E-state index contributed by atoms with van der Waals surface area (Å²) >= 11 is 0. The zero-order chi connectivity index (χ0) is 20.3. The molecule has 0 aliphatic rings. The van der Waals surface area contributed by atoms with Crippen LogP contribution in [0.1, 0.15) is 5.56 Å². The highest BCUT2D eigenvalue weighted by Crippen LogP contribution is 2.19. The number of hydrogen-bond acceptors (Lipinski definition) is 4. The third-order valence-electron chi connectivity index (χ3n) is 4.02. The Bertz CT molecular complexity index is 942. The monoisotopic (exact) mass is 388 g/mol. The van der Waals surface area contributed by atoms with Gasteiger partial charge in [0.15, 0.2) is 0 Å². The van der Waals surface area contributed by atoms with Crippen molar-refractivity contribution in [2.75, 3.05) is 23.8 Å². The van der Waals surface area contributed by atoms with Crippen LogP contribution in [0.25, 0.3) is 0 Å². The lowest BCUT2D eigenvalue weighted by Gasteiger charge is -2.11. The third-order valence-corrected chi connectivity index (χ3v) is 4.02. The molecule has 3 rings (SSSR count). The van der Waals surface area contributed by atoms with Gasteiger partial charge < -0.3 is 20.1 Å². The number of amides is 1.